The van der Waals surface area contributed by atoms with Crippen LogP contribution >= 0.6 is 23.9 Å². The summed E-state index contributed by atoms with van der Waals surface area (Å²) in [5.41, 5.74) is 6.69. The zero-order valence-electron chi connectivity index (χ0n) is 11.1. The van der Waals surface area contributed by atoms with E-state index >= 15 is 0 Å². The largest absolute Gasteiger partial charge is 0.393 e. The quantitative estimate of drug-likeness (QED) is 0.848. The van der Waals surface area contributed by atoms with E-state index < -0.39 is 10.0 Å². The van der Waals surface area contributed by atoms with Gasteiger partial charge in [0.15, 0.2) is 0 Å². The average molecular weight is 342 g/mol. The first-order valence-electron chi connectivity index (χ1n) is 6.51. The fourth-order valence-corrected chi connectivity index (χ4v) is 4.97. The SMILES string of the molecule is NC(=S)C1CCN(S(=O)(=O)c2cccc3nsnc23)CC1. The maximum Gasteiger partial charge on any atom is 0.245 e. The van der Waals surface area contributed by atoms with Gasteiger partial charge in [-0.3, -0.25) is 0 Å². The highest BCUT2D eigenvalue weighted by Gasteiger charge is 2.31. The van der Waals surface area contributed by atoms with Crippen LogP contribution in [0.4, 0.5) is 0 Å². The van der Waals surface area contributed by atoms with Crippen molar-refractivity contribution >= 4 is 50.0 Å². The summed E-state index contributed by atoms with van der Waals surface area (Å²) in [5, 5.41) is 0. The minimum absolute atomic E-state index is 0.128. The molecule has 1 aliphatic heterocycles. The van der Waals surface area contributed by atoms with E-state index in [0.717, 1.165) is 11.7 Å². The molecule has 2 heterocycles. The Labute approximate surface area is 132 Å². The Bertz CT molecular complexity index is 779. The molecule has 0 spiro atoms. The molecule has 112 valence electrons. The highest BCUT2D eigenvalue weighted by Crippen LogP contribution is 2.28. The zero-order valence-corrected chi connectivity index (χ0v) is 13.5. The number of fused-ring (bicyclic) bond motifs is 1. The lowest BCUT2D eigenvalue weighted by Gasteiger charge is -2.30. The Kier molecular flexibility index (Phi) is 3.91. The predicted octanol–water partition coefficient (Wildman–Crippen LogP) is 1.38. The second-order valence-electron chi connectivity index (χ2n) is 4.97. The van der Waals surface area contributed by atoms with E-state index in [0.29, 0.717) is 42.0 Å². The van der Waals surface area contributed by atoms with Gasteiger partial charge >= 0.3 is 0 Å². The van der Waals surface area contributed by atoms with Crippen molar-refractivity contribution in [1.29, 1.82) is 0 Å². The highest BCUT2D eigenvalue weighted by atomic mass is 32.2. The molecule has 0 aliphatic carbocycles. The van der Waals surface area contributed by atoms with Crippen molar-refractivity contribution in [3.8, 4) is 0 Å². The van der Waals surface area contributed by atoms with Crippen LogP contribution in [0.3, 0.4) is 0 Å². The van der Waals surface area contributed by atoms with Crippen molar-refractivity contribution < 1.29 is 8.42 Å². The van der Waals surface area contributed by atoms with Crippen LogP contribution in [0.25, 0.3) is 11.0 Å². The molecule has 21 heavy (non-hydrogen) atoms. The van der Waals surface area contributed by atoms with Gasteiger partial charge in [0, 0.05) is 19.0 Å². The standard InChI is InChI=1S/C12H14N4O2S3/c13-12(19)8-4-6-16(7-5-8)21(17,18)10-3-1-2-9-11(10)15-20-14-9/h1-3,8H,4-7H2,(H2,13,19). The van der Waals surface area contributed by atoms with Crippen molar-refractivity contribution in [2.24, 2.45) is 11.7 Å². The number of benzene rings is 1. The lowest BCUT2D eigenvalue weighted by molar-refractivity contribution is 0.317. The molecule has 1 aromatic carbocycles. The number of thiocarbonyl (C=S) groups is 1. The summed E-state index contributed by atoms with van der Waals surface area (Å²) in [4.78, 5) is 0.695. The summed E-state index contributed by atoms with van der Waals surface area (Å²) in [5.74, 6) is 0.128. The van der Waals surface area contributed by atoms with E-state index in [1.807, 2.05) is 0 Å². The fraction of sp³-hybridized carbons (Fsp3) is 0.417. The van der Waals surface area contributed by atoms with Gasteiger partial charge in [-0.1, -0.05) is 18.3 Å². The summed E-state index contributed by atoms with van der Waals surface area (Å²) in [6.07, 6.45) is 1.33. The summed E-state index contributed by atoms with van der Waals surface area (Å²) < 4.78 is 35.2. The molecule has 1 fully saturated rings. The molecule has 0 amide bonds. The first-order valence-corrected chi connectivity index (χ1v) is 9.09. The molecule has 0 bridgehead atoms. The van der Waals surface area contributed by atoms with Gasteiger partial charge < -0.3 is 5.73 Å². The maximum absolute atomic E-state index is 12.8. The van der Waals surface area contributed by atoms with Crippen molar-refractivity contribution in [2.75, 3.05) is 13.1 Å². The lowest BCUT2D eigenvalue weighted by Crippen LogP contribution is -2.41. The van der Waals surface area contributed by atoms with Crippen LogP contribution in [0, 0.1) is 5.92 Å². The summed E-state index contributed by atoms with van der Waals surface area (Å²) in [6.45, 7) is 0.858. The van der Waals surface area contributed by atoms with Crippen LogP contribution in [0.1, 0.15) is 12.8 Å². The van der Waals surface area contributed by atoms with E-state index in [9.17, 15) is 8.42 Å². The molecule has 1 aliphatic rings. The van der Waals surface area contributed by atoms with Gasteiger partial charge in [-0.2, -0.15) is 13.1 Å². The summed E-state index contributed by atoms with van der Waals surface area (Å²) >= 11 is 6.00. The third kappa shape index (κ3) is 2.66. The molecule has 1 aromatic heterocycles. The zero-order chi connectivity index (χ0) is 15.0. The highest BCUT2D eigenvalue weighted by molar-refractivity contribution is 7.89. The van der Waals surface area contributed by atoms with Crippen LogP contribution in [-0.2, 0) is 10.0 Å². The van der Waals surface area contributed by atoms with Crippen molar-refractivity contribution in [3.05, 3.63) is 18.2 Å². The van der Waals surface area contributed by atoms with Crippen LogP contribution in [0.2, 0.25) is 0 Å². The van der Waals surface area contributed by atoms with Gasteiger partial charge in [0.25, 0.3) is 0 Å². The van der Waals surface area contributed by atoms with Gasteiger partial charge in [0.05, 0.1) is 16.7 Å². The minimum Gasteiger partial charge on any atom is -0.393 e. The van der Waals surface area contributed by atoms with Gasteiger partial charge in [0.1, 0.15) is 15.9 Å². The number of nitrogens with zero attached hydrogens (tertiary/aromatic N) is 3. The number of nitrogens with two attached hydrogens (primary N) is 1. The molecule has 3 rings (SSSR count). The number of hydrogen-bond acceptors (Lipinski definition) is 6. The Hall–Kier alpha value is -1.16. The number of aromatic nitrogens is 2. The Morgan fingerprint density at radius 2 is 2.05 bits per heavy atom. The lowest BCUT2D eigenvalue weighted by atomic mass is 9.98. The average Bonchev–Trinajstić information content (AvgIpc) is 2.95. The Balaban J connectivity index is 1.91. The van der Waals surface area contributed by atoms with E-state index in [1.165, 1.54) is 4.31 Å². The summed E-state index contributed by atoms with van der Waals surface area (Å²) in [7, 11) is -3.55. The fourth-order valence-electron chi connectivity index (χ4n) is 2.51. The van der Waals surface area contributed by atoms with Gasteiger partial charge in [-0.15, -0.1) is 0 Å². The number of piperidine rings is 1. The van der Waals surface area contributed by atoms with E-state index in [4.69, 9.17) is 18.0 Å². The van der Waals surface area contributed by atoms with Crippen molar-refractivity contribution in [1.82, 2.24) is 13.1 Å². The van der Waals surface area contributed by atoms with Crippen LogP contribution < -0.4 is 5.73 Å². The molecule has 0 atom stereocenters. The molecular weight excluding hydrogens is 328 g/mol. The van der Waals surface area contributed by atoms with Crippen LogP contribution in [0.15, 0.2) is 23.1 Å². The molecule has 2 aromatic rings. The smallest absolute Gasteiger partial charge is 0.245 e. The molecule has 9 heteroatoms. The Morgan fingerprint density at radius 3 is 2.71 bits per heavy atom. The summed E-state index contributed by atoms with van der Waals surface area (Å²) in [6, 6.07) is 5.04. The first kappa shape index (κ1) is 14.8. The molecular formula is C12H14N4O2S3. The minimum atomic E-state index is -3.55. The molecule has 0 radical (unpaired) electrons. The predicted molar refractivity (Wildman–Crippen MR) is 85.7 cm³/mol. The molecule has 0 unspecified atom stereocenters. The van der Waals surface area contributed by atoms with Crippen LogP contribution in [0.5, 0.6) is 0 Å². The second-order valence-corrected chi connectivity index (χ2v) is 7.88. The van der Waals surface area contributed by atoms with Gasteiger partial charge in [-0.25, -0.2) is 8.42 Å². The van der Waals surface area contributed by atoms with E-state index in [-0.39, 0.29) is 10.8 Å². The van der Waals surface area contributed by atoms with Gasteiger partial charge in [-0.05, 0) is 25.0 Å². The van der Waals surface area contributed by atoms with E-state index in [1.54, 1.807) is 18.2 Å². The normalized spacial score (nSPS) is 18.1. The molecule has 6 nitrogen and oxygen atoms in total. The van der Waals surface area contributed by atoms with Crippen LogP contribution in [-0.4, -0.2) is 39.5 Å². The third-order valence-electron chi connectivity index (χ3n) is 3.72. The monoisotopic (exact) mass is 342 g/mol. The topological polar surface area (TPSA) is 89.2 Å². The van der Waals surface area contributed by atoms with Gasteiger partial charge in [0.2, 0.25) is 10.0 Å². The van der Waals surface area contributed by atoms with E-state index in [2.05, 4.69) is 8.75 Å². The maximum atomic E-state index is 12.8. The second kappa shape index (κ2) is 5.56. The molecule has 2 N–H and O–H groups in total. The number of sulfonamides is 1. The number of rotatable bonds is 3. The number of hydrogen-bond donors (Lipinski definition) is 1. The molecule has 1 saturated heterocycles. The van der Waals surface area contributed by atoms with Crippen molar-refractivity contribution in [3.63, 3.8) is 0 Å². The van der Waals surface area contributed by atoms with Crippen molar-refractivity contribution in [2.45, 2.75) is 17.7 Å². The Morgan fingerprint density at radius 1 is 1.33 bits per heavy atom. The first-order chi connectivity index (χ1) is 10.00. The molecule has 0 saturated carbocycles. The third-order valence-corrected chi connectivity index (χ3v) is 6.53.